The van der Waals surface area contributed by atoms with Crippen molar-refractivity contribution in [3.05, 3.63) is 35.9 Å². The van der Waals surface area contributed by atoms with E-state index in [1.807, 2.05) is 37.3 Å². The SMILES string of the molecule is CCCN(CC(=O)Cl)C(=O)OCc1ccccc1. The molecule has 0 fully saturated rings. The van der Waals surface area contributed by atoms with E-state index in [0.717, 1.165) is 12.0 Å². The molecule has 0 spiro atoms. The zero-order valence-corrected chi connectivity index (χ0v) is 11.0. The van der Waals surface area contributed by atoms with Crippen LogP contribution < -0.4 is 0 Å². The molecule has 18 heavy (non-hydrogen) atoms. The minimum absolute atomic E-state index is 0.122. The van der Waals surface area contributed by atoms with Gasteiger partial charge in [0, 0.05) is 6.54 Å². The van der Waals surface area contributed by atoms with Gasteiger partial charge in [-0.15, -0.1) is 0 Å². The molecule has 5 heteroatoms. The molecule has 0 N–H and O–H groups in total. The maximum absolute atomic E-state index is 11.7. The van der Waals surface area contributed by atoms with Gasteiger partial charge in [-0.25, -0.2) is 4.79 Å². The molecule has 1 aromatic carbocycles. The van der Waals surface area contributed by atoms with Gasteiger partial charge in [-0.2, -0.15) is 0 Å². The van der Waals surface area contributed by atoms with E-state index in [2.05, 4.69) is 0 Å². The van der Waals surface area contributed by atoms with Crippen LogP contribution in [0.2, 0.25) is 0 Å². The first-order chi connectivity index (χ1) is 8.63. The van der Waals surface area contributed by atoms with Crippen LogP contribution in [0.15, 0.2) is 30.3 Å². The van der Waals surface area contributed by atoms with Gasteiger partial charge in [0.1, 0.15) is 6.61 Å². The predicted molar refractivity (Wildman–Crippen MR) is 69.4 cm³/mol. The number of carbonyl (C=O) groups excluding carboxylic acids is 2. The van der Waals surface area contributed by atoms with Crippen LogP contribution in [0.1, 0.15) is 18.9 Å². The minimum atomic E-state index is -0.569. The summed E-state index contributed by atoms with van der Waals surface area (Å²) in [6, 6.07) is 9.36. The zero-order valence-electron chi connectivity index (χ0n) is 10.3. The van der Waals surface area contributed by atoms with E-state index in [0.29, 0.717) is 6.54 Å². The van der Waals surface area contributed by atoms with Gasteiger partial charge >= 0.3 is 6.09 Å². The highest BCUT2D eigenvalue weighted by molar-refractivity contribution is 6.64. The molecular weight excluding hydrogens is 254 g/mol. The lowest BCUT2D eigenvalue weighted by molar-refractivity contribution is -0.112. The fourth-order valence-corrected chi connectivity index (χ4v) is 1.61. The Labute approximate surface area is 111 Å². The maximum atomic E-state index is 11.7. The fraction of sp³-hybridized carbons (Fsp3) is 0.385. The molecule has 1 rings (SSSR count). The first-order valence-electron chi connectivity index (χ1n) is 5.77. The highest BCUT2D eigenvalue weighted by atomic mass is 35.5. The van der Waals surface area contributed by atoms with Crippen molar-refractivity contribution < 1.29 is 14.3 Å². The van der Waals surface area contributed by atoms with Crippen LogP contribution in [-0.2, 0) is 16.1 Å². The first-order valence-corrected chi connectivity index (χ1v) is 6.15. The molecule has 0 saturated carbocycles. The Bertz CT molecular complexity index is 394. The summed E-state index contributed by atoms with van der Waals surface area (Å²) >= 11 is 5.28. The van der Waals surface area contributed by atoms with Crippen LogP contribution in [0.5, 0.6) is 0 Å². The van der Waals surface area contributed by atoms with Crippen LogP contribution in [-0.4, -0.2) is 29.3 Å². The van der Waals surface area contributed by atoms with Crippen molar-refractivity contribution in [1.82, 2.24) is 4.90 Å². The molecule has 0 saturated heterocycles. The van der Waals surface area contributed by atoms with Crippen molar-refractivity contribution in [3.63, 3.8) is 0 Å². The summed E-state index contributed by atoms with van der Waals surface area (Å²) in [4.78, 5) is 23.9. The molecular formula is C13H16ClNO3. The first kappa shape index (κ1) is 14.5. The molecule has 0 radical (unpaired) electrons. The van der Waals surface area contributed by atoms with E-state index in [1.165, 1.54) is 4.90 Å². The number of carbonyl (C=O) groups is 2. The molecule has 0 bridgehead atoms. The lowest BCUT2D eigenvalue weighted by Crippen LogP contribution is -2.35. The molecule has 0 aliphatic rings. The Kier molecular flexibility index (Phi) is 6.22. The monoisotopic (exact) mass is 269 g/mol. The second-order valence-electron chi connectivity index (χ2n) is 3.82. The lowest BCUT2D eigenvalue weighted by atomic mass is 10.2. The minimum Gasteiger partial charge on any atom is -0.445 e. The fourth-order valence-electron chi connectivity index (χ4n) is 1.47. The van der Waals surface area contributed by atoms with Gasteiger partial charge in [-0.05, 0) is 23.6 Å². The average molecular weight is 270 g/mol. The van der Waals surface area contributed by atoms with E-state index >= 15 is 0 Å². The summed E-state index contributed by atoms with van der Waals surface area (Å²) in [6.07, 6.45) is 0.222. The highest BCUT2D eigenvalue weighted by Gasteiger charge is 2.16. The Morgan fingerprint density at radius 1 is 1.28 bits per heavy atom. The third-order valence-electron chi connectivity index (χ3n) is 2.27. The average Bonchev–Trinajstić information content (AvgIpc) is 2.36. The molecule has 0 atom stereocenters. The van der Waals surface area contributed by atoms with Gasteiger partial charge < -0.3 is 4.74 Å². The summed E-state index contributed by atoms with van der Waals surface area (Å²) in [5.74, 6) is 0. The molecule has 98 valence electrons. The van der Waals surface area contributed by atoms with E-state index < -0.39 is 11.3 Å². The van der Waals surface area contributed by atoms with Crippen molar-refractivity contribution in [1.29, 1.82) is 0 Å². The topological polar surface area (TPSA) is 46.6 Å². The number of benzene rings is 1. The van der Waals surface area contributed by atoms with Crippen molar-refractivity contribution in [2.45, 2.75) is 20.0 Å². The zero-order chi connectivity index (χ0) is 13.4. The molecule has 1 amide bonds. The molecule has 0 aliphatic carbocycles. The van der Waals surface area contributed by atoms with E-state index in [4.69, 9.17) is 16.3 Å². The van der Waals surface area contributed by atoms with Crippen molar-refractivity contribution in [2.24, 2.45) is 0 Å². The van der Waals surface area contributed by atoms with E-state index in [-0.39, 0.29) is 13.2 Å². The standard InChI is InChI=1S/C13H16ClNO3/c1-2-8-15(9-12(14)16)13(17)18-10-11-6-4-3-5-7-11/h3-7H,2,8-10H2,1H3. The second kappa shape index (κ2) is 7.71. The van der Waals surface area contributed by atoms with Gasteiger partial charge in [0.15, 0.2) is 0 Å². The number of amides is 1. The molecule has 0 heterocycles. The van der Waals surface area contributed by atoms with Gasteiger partial charge in [-0.3, -0.25) is 9.69 Å². The van der Waals surface area contributed by atoms with Gasteiger partial charge in [0.05, 0.1) is 6.54 Å². The Morgan fingerprint density at radius 2 is 1.94 bits per heavy atom. The van der Waals surface area contributed by atoms with Gasteiger partial charge in [0.25, 0.3) is 0 Å². The van der Waals surface area contributed by atoms with E-state index in [1.54, 1.807) is 0 Å². The Morgan fingerprint density at radius 3 is 2.50 bits per heavy atom. The normalized spacial score (nSPS) is 9.89. The van der Waals surface area contributed by atoms with Crippen molar-refractivity contribution in [3.8, 4) is 0 Å². The number of rotatable bonds is 6. The number of hydrogen-bond donors (Lipinski definition) is 0. The number of ether oxygens (including phenoxy) is 1. The molecule has 0 aliphatic heterocycles. The van der Waals surface area contributed by atoms with Crippen LogP contribution in [0.25, 0.3) is 0 Å². The van der Waals surface area contributed by atoms with Crippen LogP contribution in [0, 0.1) is 0 Å². The third-order valence-corrected chi connectivity index (χ3v) is 2.39. The van der Waals surface area contributed by atoms with Crippen LogP contribution in [0.3, 0.4) is 0 Å². The second-order valence-corrected chi connectivity index (χ2v) is 4.24. The molecule has 0 aromatic heterocycles. The van der Waals surface area contributed by atoms with Gasteiger partial charge in [0.2, 0.25) is 5.24 Å². The third kappa shape index (κ3) is 5.19. The van der Waals surface area contributed by atoms with Crippen molar-refractivity contribution >= 4 is 22.9 Å². The van der Waals surface area contributed by atoms with Gasteiger partial charge in [-0.1, -0.05) is 37.3 Å². The largest absolute Gasteiger partial charge is 0.445 e. The van der Waals surface area contributed by atoms with Crippen LogP contribution >= 0.6 is 11.6 Å². The molecule has 0 unspecified atom stereocenters. The quantitative estimate of drug-likeness (QED) is 0.746. The Hall–Kier alpha value is -1.55. The summed E-state index contributed by atoms with van der Waals surface area (Å²) in [6.45, 7) is 2.43. The number of nitrogens with zero attached hydrogens (tertiary/aromatic N) is 1. The van der Waals surface area contributed by atoms with Crippen LogP contribution in [0.4, 0.5) is 4.79 Å². The van der Waals surface area contributed by atoms with E-state index in [9.17, 15) is 9.59 Å². The number of halogens is 1. The highest BCUT2D eigenvalue weighted by Crippen LogP contribution is 2.04. The molecule has 1 aromatic rings. The predicted octanol–water partition coefficient (Wildman–Crippen LogP) is 2.80. The van der Waals surface area contributed by atoms with Crippen molar-refractivity contribution in [2.75, 3.05) is 13.1 Å². The summed E-state index contributed by atoms with van der Waals surface area (Å²) in [5.41, 5.74) is 0.902. The molecule has 4 nitrogen and oxygen atoms in total. The smallest absolute Gasteiger partial charge is 0.410 e. The summed E-state index contributed by atoms with van der Waals surface area (Å²) < 4.78 is 5.12. The lowest BCUT2D eigenvalue weighted by Gasteiger charge is -2.19. The summed E-state index contributed by atoms with van der Waals surface area (Å²) in [5, 5.41) is -0.569. The maximum Gasteiger partial charge on any atom is 0.410 e. The summed E-state index contributed by atoms with van der Waals surface area (Å²) in [7, 11) is 0. The number of hydrogen-bond acceptors (Lipinski definition) is 3. The Balaban J connectivity index is 2.48.